The summed E-state index contributed by atoms with van der Waals surface area (Å²) in [5.41, 5.74) is 2.41. The summed E-state index contributed by atoms with van der Waals surface area (Å²) in [7, 11) is 0. The van der Waals surface area contributed by atoms with Crippen LogP contribution in [0.1, 0.15) is 42.6 Å². The van der Waals surface area contributed by atoms with Crippen molar-refractivity contribution in [2.24, 2.45) is 5.92 Å². The first kappa shape index (κ1) is 12.9. The zero-order valence-corrected chi connectivity index (χ0v) is 11.3. The van der Waals surface area contributed by atoms with Crippen LogP contribution in [0.3, 0.4) is 0 Å². The second-order valence-electron chi connectivity index (χ2n) is 5.38. The number of aromatic carboxylic acids is 1. The van der Waals surface area contributed by atoms with E-state index in [0.29, 0.717) is 17.5 Å². The first-order valence-corrected chi connectivity index (χ1v) is 6.61. The second kappa shape index (κ2) is 5.01. The summed E-state index contributed by atoms with van der Waals surface area (Å²) in [4.78, 5) is 13.6. The fourth-order valence-electron chi connectivity index (χ4n) is 2.74. The lowest BCUT2D eigenvalue weighted by Crippen LogP contribution is -2.43. The Bertz CT molecular complexity index is 456. The minimum absolute atomic E-state index is 0.402. The Hall–Kier alpha value is -1.51. The Morgan fingerprint density at radius 1 is 1.39 bits per heavy atom. The zero-order chi connectivity index (χ0) is 13.3. The standard InChI is InChI=1S/C15H21NO2/c1-10-6-7-13(15(17)18)14(9-10)16-8-4-5-11(2)12(16)3/h6-7,9,11-12H,4-5,8H2,1-3H3,(H,17,18). The fraction of sp³-hybridized carbons (Fsp3) is 0.533. The SMILES string of the molecule is Cc1ccc(C(=O)O)c(N2CCCC(C)C2C)c1. The van der Waals surface area contributed by atoms with Gasteiger partial charge in [-0.3, -0.25) is 0 Å². The molecule has 1 saturated heterocycles. The summed E-state index contributed by atoms with van der Waals surface area (Å²) in [5, 5.41) is 9.31. The van der Waals surface area contributed by atoms with E-state index >= 15 is 0 Å². The number of aryl methyl sites for hydroxylation is 1. The number of hydrogen-bond acceptors (Lipinski definition) is 2. The van der Waals surface area contributed by atoms with Crippen molar-refractivity contribution in [2.45, 2.75) is 39.7 Å². The van der Waals surface area contributed by atoms with E-state index in [2.05, 4.69) is 18.7 Å². The maximum absolute atomic E-state index is 11.3. The molecule has 18 heavy (non-hydrogen) atoms. The van der Waals surface area contributed by atoms with Crippen molar-refractivity contribution in [2.75, 3.05) is 11.4 Å². The number of rotatable bonds is 2. The molecule has 98 valence electrons. The third-order valence-electron chi connectivity index (χ3n) is 4.07. The smallest absolute Gasteiger partial charge is 0.337 e. The van der Waals surface area contributed by atoms with Gasteiger partial charge >= 0.3 is 5.97 Å². The second-order valence-corrected chi connectivity index (χ2v) is 5.38. The Labute approximate surface area is 108 Å². The minimum Gasteiger partial charge on any atom is -0.478 e. The highest BCUT2D eigenvalue weighted by molar-refractivity contribution is 5.94. The van der Waals surface area contributed by atoms with Gasteiger partial charge in [-0.15, -0.1) is 0 Å². The van der Waals surface area contributed by atoms with E-state index in [9.17, 15) is 9.90 Å². The molecule has 0 saturated carbocycles. The Morgan fingerprint density at radius 2 is 2.11 bits per heavy atom. The summed E-state index contributed by atoms with van der Waals surface area (Å²) in [5.74, 6) is -0.226. The predicted octanol–water partition coefficient (Wildman–Crippen LogP) is 3.32. The van der Waals surface area contributed by atoms with Gasteiger partial charge in [0.2, 0.25) is 0 Å². The summed E-state index contributed by atoms with van der Waals surface area (Å²) in [6.45, 7) is 7.40. The Morgan fingerprint density at radius 3 is 2.78 bits per heavy atom. The van der Waals surface area contributed by atoms with Gasteiger partial charge in [-0.1, -0.05) is 13.0 Å². The van der Waals surface area contributed by atoms with E-state index in [0.717, 1.165) is 24.2 Å². The van der Waals surface area contributed by atoms with E-state index in [4.69, 9.17) is 0 Å². The first-order valence-electron chi connectivity index (χ1n) is 6.61. The van der Waals surface area contributed by atoms with Crippen LogP contribution in [0.2, 0.25) is 0 Å². The van der Waals surface area contributed by atoms with Crippen molar-refractivity contribution in [3.05, 3.63) is 29.3 Å². The normalized spacial score (nSPS) is 24.1. The molecule has 3 heteroatoms. The molecule has 1 aromatic rings. The number of carboxylic acid groups (broad SMARTS) is 1. The molecular formula is C15H21NO2. The van der Waals surface area contributed by atoms with Crippen molar-refractivity contribution in [1.29, 1.82) is 0 Å². The molecular weight excluding hydrogens is 226 g/mol. The summed E-state index contributed by atoms with van der Waals surface area (Å²) in [6, 6.07) is 5.99. The van der Waals surface area contributed by atoms with E-state index in [1.54, 1.807) is 6.07 Å². The molecule has 2 unspecified atom stereocenters. The van der Waals surface area contributed by atoms with Crippen LogP contribution in [0.25, 0.3) is 0 Å². The Kier molecular flexibility index (Phi) is 3.60. The molecule has 0 aromatic heterocycles. The third-order valence-corrected chi connectivity index (χ3v) is 4.07. The van der Waals surface area contributed by atoms with Gasteiger partial charge in [-0.05, 0) is 50.3 Å². The maximum atomic E-state index is 11.3. The van der Waals surface area contributed by atoms with Gasteiger partial charge in [0.05, 0.1) is 11.3 Å². The zero-order valence-electron chi connectivity index (χ0n) is 11.3. The van der Waals surface area contributed by atoms with Crippen LogP contribution in [0.5, 0.6) is 0 Å². The lowest BCUT2D eigenvalue weighted by Gasteiger charge is -2.40. The average Bonchev–Trinajstić information content (AvgIpc) is 2.32. The molecule has 1 fully saturated rings. The first-order chi connectivity index (χ1) is 8.50. The molecule has 1 aromatic carbocycles. The number of benzene rings is 1. The van der Waals surface area contributed by atoms with Crippen molar-refractivity contribution >= 4 is 11.7 Å². The summed E-state index contributed by atoms with van der Waals surface area (Å²) >= 11 is 0. The van der Waals surface area contributed by atoms with Crippen LogP contribution < -0.4 is 4.90 Å². The van der Waals surface area contributed by atoms with Crippen LogP contribution >= 0.6 is 0 Å². The molecule has 2 atom stereocenters. The van der Waals surface area contributed by atoms with Crippen LogP contribution in [0, 0.1) is 12.8 Å². The molecule has 0 spiro atoms. The van der Waals surface area contributed by atoms with Crippen molar-refractivity contribution in [3.63, 3.8) is 0 Å². The number of anilines is 1. The maximum Gasteiger partial charge on any atom is 0.337 e. The van der Waals surface area contributed by atoms with Gasteiger partial charge in [0, 0.05) is 12.6 Å². The predicted molar refractivity (Wildman–Crippen MR) is 73.3 cm³/mol. The van der Waals surface area contributed by atoms with Crippen molar-refractivity contribution in [1.82, 2.24) is 0 Å². The number of piperidine rings is 1. The van der Waals surface area contributed by atoms with Crippen molar-refractivity contribution in [3.8, 4) is 0 Å². The molecule has 0 aliphatic carbocycles. The van der Waals surface area contributed by atoms with Crippen LogP contribution in [0.15, 0.2) is 18.2 Å². The van der Waals surface area contributed by atoms with Crippen LogP contribution in [-0.4, -0.2) is 23.7 Å². The fourth-order valence-corrected chi connectivity index (χ4v) is 2.74. The van der Waals surface area contributed by atoms with Crippen molar-refractivity contribution < 1.29 is 9.90 Å². The molecule has 2 rings (SSSR count). The van der Waals surface area contributed by atoms with E-state index in [1.165, 1.54) is 6.42 Å². The Balaban J connectivity index is 2.42. The van der Waals surface area contributed by atoms with E-state index in [1.807, 2.05) is 19.1 Å². The summed E-state index contributed by atoms with van der Waals surface area (Å²) in [6.07, 6.45) is 2.37. The molecule has 0 amide bonds. The van der Waals surface area contributed by atoms with Gasteiger partial charge in [0.1, 0.15) is 0 Å². The molecule has 1 heterocycles. The number of carbonyl (C=O) groups is 1. The van der Waals surface area contributed by atoms with Crippen LogP contribution in [0.4, 0.5) is 5.69 Å². The van der Waals surface area contributed by atoms with Gasteiger partial charge < -0.3 is 10.0 Å². The van der Waals surface area contributed by atoms with Gasteiger partial charge in [-0.2, -0.15) is 0 Å². The number of carboxylic acids is 1. The molecule has 1 aliphatic rings. The van der Waals surface area contributed by atoms with E-state index < -0.39 is 5.97 Å². The molecule has 0 radical (unpaired) electrons. The average molecular weight is 247 g/mol. The highest BCUT2D eigenvalue weighted by Gasteiger charge is 2.27. The molecule has 3 nitrogen and oxygen atoms in total. The highest BCUT2D eigenvalue weighted by Crippen LogP contribution is 2.31. The third kappa shape index (κ3) is 2.35. The molecule has 0 bridgehead atoms. The quantitative estimate of drug-likeness (QED) is 0.871. The highest BCUT2D eigenvalue weighted by atomic mass is 16.4. The number of nitrogens with zero attached hydrogens (tertiary/aromatic N) is 1. The van der Waals surface area contributed by atoms with Gasteiger partial charge in [0.25, 0.3) is 0 Å². The lowest BCUT2D eigenvalue weighted by atomic mass is 9.91. The van der Waals surface area contributed by atoms with E-state index in [-0.39, 0.29) is 0 Å². The monoisotopic (exact) mass is 247 g/mol. The van der Waals surface area contributed by atoms with Gasteiger partial charge in [-0.25, -0.2) is 4.79 Å². The topological polar surface area (TPSA) is 40.5 Å². The number of hydrogen-bond donors (Lipinski definition) is 1. The van der Waals surface area contributed by atoms with Gasteiger partial charge in [0.15, 0.2) is 0 Å². The molecule has 1 N–H and O–H groups in total. The minimum atomic E-state index is -0.838. The molecule has 1 aliphatic heterocycles. The lowest BCUT2D eigenvalue weighted by molar-refractivity contribution is 0.0697. The summed E-state index contributed by atoms with van der Waals surface area (Å²) < 4.78 is 0. The van der Waals surface area contributed by atoms with Crippen LogP contribution in [-0.2, 0) is 0 Å². The largest absolute Gasteiger partial charge is 0.478 e.